The van der Waals surface area contributed by atoms with Gasteiger partial charge in [0.15, 0.2) is 0 Å². The molecule has 3 heteroatoms. The Labute approximate surface area is 297 Å². The summed E-state index contributed by atoms with van der Waals surface area (Å²) in [5, 5.41) is 2.16. The zero-order valence-electron chi connectivity index (χ0n) is 27.9. The molecule has 0 unspecified atom stereocenters. The van der Waals surface area contributed by atoms with Crippen molar-refractivity contribution in [3.63, 3.8) is 0 Å². The third kappa shape index (κ3) is 5.81. The van der Waals surface area contributed by atoms with E-state index in [1.54, 1.807) is 0 Å². The summed E-state index contributed by atoms with van der Waals surface area (Å²) in [7, 11) is 0. The highest BCUT2D eigenvalue weighted by molar-refractivity contribution is 6.07. The van der Waals surface area contributed by atoms with Crippen molar-refractivity contribution in [1.82, 2.24) is 9.97 Å². The summed E-state index contributed by atoms with van der Waals surface area (Å²) in [6.07, 6.45) is 0. The van der Waals surface area contributed by atoms with Gasteiger partial charge in [0.1, 0.15) is 0 Å². The predicted octanol–water partition coefficient (Wildman–Crippen LogP) is 12.9. The van der Waals surface area contributed by atoms with Crippen molar-refractivity contribution < 1.29 is 0 Å². The van der Waals surface area contributed by atoms with E-state index in [-0.39, 0.29) is 0 Å². The quantitative estimate of drug-likeness (QED) is 0.161. The van der Waals surface area contributed by atoms with Crippen LogP contribution < -0.4 is 4.90 Å². The van der Waals surface area contributed by atoms with E-state index < -0.39 is 0 Å². The molecule has 0 aliphatic heterocycles. The lowest BCUT2D eigenvalue weighted by atomic mass is 9.99. The Kier molecular flexibility index (Phi) is 7.84. The van der Waals surface area contributed by atoms with Crippen LogP contribution in [0.15, 0.2) is 200 Å². The van der Waals surface area contributed by atoms with Gasteiger partial charge in [0.05, 0.1) is 28.1 Å². The van der Waals surface area contributed by atoms with Gasteiger partial charge in [0.2, 0.25) is 0 Å². The Bertz CT molecular complexity index is 2620. The molecule has 9 aromatic rings. The van der Waals surface area contributed by atoms with Crippen LogP contribution in [0.25, 0.3) is 66.6 Å². The largest absolute Gasteiger partial charge is 0.310 e. The molecule has 0 N–H and O–H groups in total. The predicted molar refractivity (Wildman–Crippen MR) is 213 cm³/mol. The summed E-state index contributed by atoms with van der Waals surface area (Å²) in [6, 6.07) is 70.3. The normalized spacial score (nSPS) is 11.1. The van der Waals surface area contributed by atoms with Crippen molar-refractivity contribution in [1.29, 1.82) is 0 Å². The molecule has 0 aliphatic carbocycles. The third-order valence-electron chi connectivity index (χ3n) is 9.43. The summed E-state index contributed by atoms with van der Waals surface area (Å²) in [4.78, 5) is 13.0. The summed E-state index contributed by atoms with van der Waals surface area (Å²) in [5.74, 6) is 0. The van der Waals surface area contributed by atoms with E-state index in [1.807, 2.05) is 12.1 Å². The molecule has 0 radical (unpaired) electrons. The molecule has 0 fully saturated rings. The molecular weight excluding hydrogens is 619 g/mol. The zero-order valence-corrected chi connectivity index (χ0v) is 27.9. The van der Waals surface area contributed by atoms with Crippen molar-refractivity contribution >= 4 is 38.9 Å². The van der Waals surface area contributed by atoms with Crippen LogP contribution >= 0.6 is 0 Å². The number of nitrogens with zero attached hydrogens (tertiary/aromatic N) is 3. The standard InChI is InChI=1S/C48H33N3/c1-5-16-34(17-6-1)38-24-15-25-40(32-38)51(45-27-14-13-26-42(45)35-18-7-2-8-19-35)41-29-30-43-39(33-41)28-31-44-48(43)50-47(37-22-11-4-12-23-37)46(49-44)36-20-9-3-10-21-36/h1-33H. The summed E-state index contributed by atoms with van der Waals surface area (Å²) < 4.78 is 0. The van der Waals surface area contributed by atoms with Gasteiger partial charge in [-0.1, -0.05) is 164 Å². The maximum atomic E-state index is 5.36. The van der Waals surface area contributed by atoms with Gasteiger partial charge in [-0.05, 0) is 58.5 Å². The first-order valence-electron chi connectivity index (χ1n) is 17.3. The van der Waals surface area contributed by atoms with Crippen molar-refractivity contribution in [3.8, 4) is 44.8 Å². The number of aromatic nitrogens is 2. The summed E-state index contributed by atoms with van der Waals surface area (Å²) in [6.45, 7) is 0. The monoisotopic (exact) mass is 651 g/mol. The van der Waals surface area contributed by atoms with Crippen LogP contribution in [0.4, 0.5) is 17.1 Å². The second-order valence-corrected chi connectivity index (χ2v) is 12.6. The fourth-order valence-corrected chi connectivity index (χ4v) is 6.98. The number of fused-ring (bicyclic) bond motifs is 3. The van der Waals surface area contributed by atoms with Gasteiger partial charge in [-0.15, -0.1) is 0 Å². The van der Waals surface area contributed by atoms with Crippen LogP contribution in [0.5, 0.6) is 0 Å². The molecule has 0 saturated carbocycles. The molecule has 0 atom stereocenters. The van der Waals surface area contributed by atoms with Gasteiger partial charge < -0.3 is 4.90 Å². The Balaban J connectivity index is 1.25. The zero-order chi connectivity index (χ0) is 34.0. The van der Waals surface area contributed by atoms with Crippen LogP contribution in [0.3, 0.4) is 0 Å². The minimum atomic E-state index is 0.871. The minimum absolute atomic E-state index is 0.871. The first-order valence-corrected chi connectivity index (χ1v) is 17.3. The van der Waals surface area contributed by atoms with Crippen LogP contribution in [0.1, 0.15) is 0 Å². The molecule has 3 nitrogen and oxygen atoms in total. The van der Waals surface area contributed by atoms with Gasteiger partial charge in [-0.2, -0.15) is 0 Å². The fraction of sp³-hybridized carbons (Fsp3) is 0. The lowest BCUT2D eigenvalue weighted by molar-refractivity contribution is 1.28. The highest BCUT2D eigenvalue weighted by Gasteiger charge is 2.20. The van der Waals surface area contributed by atoms with E-state index >= 15 is 0 Å². The first kappa shape index (κ1) is 30.2. The molecule has 0 bridgehead atoms. The van der Waals surface area contributed by atoms with E-state index in [1.165, 1.54) is 16.7 Å². The van der Waals surface area contributed by atoms with Gasteiger partial charge in [-0.25, -0.2) is 9.97 Å². The second kappa shape index (κ2) is 13.2. The molecule has 0 spiro atoms. The van der Waals surface area contributed by atoms with Gasteiger partial charge in [0.25, 0.3) is 0 Å². The van der Waals surface area contributed by atoms with Crippen molar-refractivity contribution in [2.45, 2.75) is 0 Å². The number of hydrogen-bond donors (Lipinski definition) is 0. The maximum Gasteiger partial charge on any atom is 0.0973 e. The molecule has 0 saturated heterocycles. The lowest BCUT2D eigenvalue weighted by Crippen LogP contribution is -2.11. The SMILES string of the molecule is c1ccc(-c2cccc(N(c3ccc4c(ccc5nc(-c6ccccc6)c(-c6ccccc6)nc54)c3)c3ccccc3-c3ccccc3)c2)cc1. The fourth-order valence-electron chi connectivity index (χ4n) is 6.98. The van der Waals surface area contributed by atoms with Gasteiger partial charge in [-0.3, -0.25) is 0 Å². The van der Waals surface area contributed by atoms with Crippen LogP contribution in [-0.2, 0) is 0 Å². The van der Waals surface area contributed by atoms with Crippen molar-refractivity contribution in [3.05, 3.63) is 200 Å². The Hall–Kier alpha value is -6.84. The average Bonchev–Trinajstić information content (AvgIpc) is 3.22. The summed E-state index contributed by atoms with van der Waals surface area (Å²) >= 11 is 0. The Morgan fingerprint density at radius 1 is 0.353 bits per heavy atom. The highest BCUT2D eigenvalue weighted by Crippen LogP contribution is 2.43. The molecule has 1 aromatic heterocycles. The smallest absolute Gasteiger partial charge is 0.0973 e. The lowest BCUT2D eigenvalue weighted by Gasteiger charge is -2.28. The van der Waals surface area contributed by atoms with Crippen LogP contribution in [-0.4, -0.2) is 9.97 Å². The second-order valence-electron chi connectivity index (χ2n) is 12.6. The van der Waals surface area contributed by atoms with Crippen molar-refractivity contribution in [2.24, 2.45) is 0 Å². The van der Waals surface area contributed by atoms with Gasteiger partial charge >= 0.3 is 0 Å². The number of rotatable bonds is 7. The first-order chi connectivity index (χ1) is 25.3. The average molecular weight is 652 g/mol. The molecule has 240 valence electrons. The maximum absolute atomic E-state index is 5.36. The molecule has 1 heterocycles. The molecular formula is C48H33N3. The summed E-state index contributed by atoms with van der Waals surface area (Å²) in [5.41, 5.74) is 13.5. The number of anilines is 3. The van der Waals surface area contributed by atoms with E-state index in [2.05, 4.69) is 193 Å². The van der Waals surface area contributed by atoms with Crippen LogP contribution in [0.2, 0.25) is 0 Å². The van der Waals surface area contributed by atoms with Crippen LogP contribution in [0, 0.1) is 0 Å². The minimum Gasteiger partial charge on any atom is -0.310 e. The number of benzene rings is 8. The van der Waals surface area contributed by atoms with E-state index in [4.69, 9.17) is 9.97 Å². The third-order valence-corrected chi connectivity index (χ3v) is 9.43. The van der Waals surface area contributed by atoms with Gasteiger partial charge in [0, 0.05) is 33.5 Å². The number of para-hydroxylation sites is 1. The molecule has 8 aromatic carbocycles. The highest BCUT2D eigenvalue weighted by atomic mass is 15.1. The molecule has 0 aliphatic rings. The molecule has 9 rings (SSSR count). The molecule has 0 amide bonds. The number of hydrogen-bond acceptors (Lipinski definition) is 3. The van der Waals surface area contributed by atoms with E-state index in [0.29, 0.717) is 0 Å². The topological polar surface area (TPSA) is 29.0 Å². The Morgan fingerprint density at radius 3 is 1.59 bits per heavy atom. The van der Waals surface area contributed by atoms with Crippen molar-refractivity contribution in [2.75, 3.05) is 4.90 Å². The molecule has 51 heavy (non-hydrogen) atoms. The van der Waals surface area contributed by atoms with E-state index in [0.717, 1.165) is 66.9 Å². The Morgan fingerprint density at radius 2 is 0.902 bits per heavy atom. The van der Waals surface area contributed by atoms with E-state index in [9.17, 15) is 0 Å².